The summed E-state index contributed by atoms with van der Waals surface area (Å²) in [5.41, 5.74) is 4.30. The van der Waals surface area contributed by atoms with E-state index >= 15 is 0 Å². The van der Waals surface area contributed by atoms with Crippen LogP contribution in [0.15, 0.2) is 72.1 Å². The van der Waals surface area contributed by atoms with Gasteiger partial charge in [0.25, 0.3) is 11.8 Å². The van der Waals surface area contributed by atoms with E-state index in [9.17, 15) is 14.4 Å². The third kappa shape index (κ3) is 5.44. The van der Waals surface area contributed by atoms with E-state index < -0.39 is 17.9 Å². The fourth-order valence-electron chi connectivity index (χ4n) is 3.54. The Morgan fingerprint density at radius 3 is 2.44 bits per heavy atom. The summed E-state index contributed by atoms with van der Waals surface area (Å²) in [5.74, 6) is -1.12. The van der Waals surface area contributed by atoms with Crippen LogP contribution in [0.5, 0.6) is 0 Å². The van der Waals surface area contributed by atoms with Gasteiger partial charge in [-0.05, 0) is 59.9 Å². The maximum absolute atomic E-state index is 13.3. The fraction of sp³-hybridized carbons (Fsp3) is 0.167. The minimum Gasteiger partial charge on any atom is -0.356 e. The molecule has 2 aromatic carbocycles. The van der Waals surface area contributed by atoms with Gasteiger partial charge in [-0.15, -0.1) is 11.3 Å². The molecular weight excluding hydrogens is 492 g/mol. The molecule has 7 nitrogen and oxygen atoms in total. The zero-order chi connectivity index (χ0) is 24.1. The van der Waals surface area contributed by atoms with E-state index in [0.717, 1.165) is 5.56 Å². The first kappa shape index (κ1) is 23.9. The predicted octanol–water partition coefficient (Wildman–Crippen LogP) is 3.80. The van der Waals surface area contributed by atoms with Crippen LogP contribution in [0, 0.1) is 0 Å². The third-order valence-corrected chi connectivity index (χ3v) is 6.72. The van der Waals surface area contributed by atoms with Crippen LogP contribution in [0.2, 0.25) is 5.02 Å². The van der Waals surface area contributed by atoms with Gasteiger partial charge in [-0.3, -0.25) is 24.7 Å². The van der Waals surface area contributed by atoms with Crippen molar-refractivity contribution in [2.24, 2.45) is 0 Å². The minimum atomic E-state index is -0.983. The number of hydrazine groups is 1. The lowest BCUT2D eigenvalue weighted by molar-refractivity contribution is -0.127. The number of amides is 3. The Morgan fingerprint density at radius 1 is 1.03 bits per heavy atom. The number of anilines is 1. The summed E-state index contributed by atoms with van der Waals surface area (Å²) in [6.07, 6.45) is 0.502. The van der Waals surface area contributed by atoms with Crippen molar-refractivity contribution in [2.75, 3.05) is 11.4 Å². The Hall–Kier alpha value is -3.27. The molecule has 0 radical (unpaired) electrons. The number of benzene rings is 2. The van der Waals surface area contributed by atoms with Crippen molar-refractivity contribution in [3.8, 4) is 0 Å². The van der Waals surface area contributed by atoms with Gasteiger partial charge >= 0.3 is 0 Å². The van der Waals surface area contributed by atoms with E-state index in [-0.39, 0.29) is 17.4 Å². The van der Waals surface area contributed by atoms with Crippen LogP contribution in [0.4, 0.5) is 5.69 Å². The maximum Gasteiger partial charge on any atom is 0.279 e. The second-order valence-corrected chi connectivity index (χ2v) is 9.28. The molecule has 34 heavy (non-hydrogen) atoms. The van der Waals surface area contributed by atoms with Crippen LogP contribution in [-0.4, -0.2) is 40.4 Å². The highest BCUT2D eigenvalue weighted by atomic mass is 35.5. The molecule has 174 valence electrons. The summed E-state index contributed by atoms with van der Waals surface area (Å²) in [4.78, 5) is 40.5. The van der Waals surface area contributed by atoms with Crippen molar-refractivity contribution >= 4 is 63.7 Å². The Morgan fingerprint density at radius 2 is 1.76 bits per heavy atom. The Balaban J connectivity index is 1.49. The number of thiocarbonyl (C=S) groups is 1. The molecule has 0 bridgehead atoms. The van der Waals surface area contributed by atoms with Crippen LogP contribution in [-0.2, 0) is 16.0 Å². The summed E-state index contributed by atoms with van der Waals surface area (Å²) in [7, 11) is 0. The van der Waals surface area contributed by atoms with E-state index in [1.165, 1.54) is 21.2 Å². The molecule has 1 saturated heterocycles. The molecule has 4 rings (SSSR count). The largest absolute Gasteiger partial charge is 0.356 e. The quantitative estimate of drug-likeness (QED) is 0.449. The first-order chi connectivity index (χ1) is 16.4. The van der Waals surface area contributed by atoms with E-state index in [4.69, 9.17) is 23.8 Å². The van der Waals surface area contributed by atoms with Crippen LogP contribution in [0.1, 0.15) is 21.7 Å². The summed E-state index contributed by atoms with van der Waals surface area (Å²) in [6, 6.07) is 18.8. The standard InChI is InChI=1S/C24H21ClN4O3S2/c25-17-8-10-18(11-9-17)28-23(32)19(15-21(30)26-13-12-16-5-2-1-3-6-16)29(24(28)33)27-22(31)20-7-4-14-34-20/h1-11,14,19H,12-13,15H2,(H,26,30)(H,27,31). The average Bonchev–Trinajstić information content (AvgIpc) is 3.44. The van der Waals surface area contributed by atoms with Crippen LogP contribution in [0.25, 0.3) is 0 Å². The lowest BCUT2D eigenvalue weighted by Gasteiger charge is -2.24. The topological polar surface area (TPSA) is 81.8 Å². The number of carbonyl (C=O) groups excluding carboxylic acids is 3. The van der Waals surface area contributed by atoms with Crippen molar-refractivity contribution in [2.45, 2.75) is 18.9 Å². The van der Waals surface area contributed by atoms with Crippen LogP contribution < -0.4 is 15.6 Å². The number of nitrogens with one attached hydrogen (secondary N) is 2. The van der Waals surface area contributed by atoms with Gasteiger partial charge < -0.3 is 5.32 Å². The highest BCUT2D eigenvalue weighted by molar-refractivity contribution is 7.80. The van der Waals surface area contributed by atoms with E-state index in [2.05, 4.69) is 10.7 Å². The van der Waals surface area contributed by atoms with Gasteiger partial charge in [0.1, 0.15) is 6.04 Å². The van der Waals surface area contributed by atoms with Gasteiger partial charge in [0.15, 0.2) is 0 Å². The number of rotatable bonds is 8. The SMILES string of the molecule is O=C(CC1C(=O)N(c2ccc(Cl)cc2)C(=S)N1NC(=O)c1cccs1)NCCc1ccccc1. The average molecular weight is 513 g/mol. The third-order valence-electron chi connectivity index (χ3n) is 5.22. The highest BCUT2D eigenvalue weighted by Gasteiger charge is 2.45. The molecule has 0 spiro atoms. The molecule has 1 fully saturated rings. The van der Waals surface area contributed by atoms with E-state index in [0.29, 0.717) is 28.6 Å². The van der Waals surface area contributed by atoms with Crippen molar-refractivity contribution in [3.05, 3.63) is 87.6 Å². The van der Waals surface area contributed by atoms with Crippen LogP contribution in [0.3, 0.4) is 0 Å². The monoisotopic (exact) mass is 512 g/mol. The number of thiophene rings is 1. The molecule has 1 aromatic heterocycles. The smallest absolute Gasteiger partial charge is 0.279 e. The number of carbonyl (C=O) groups is 3. The molecule has 1 aliphatic rings. The fourth-order valence-corrected chi connectivity index (χ4v) is 4.65. The second kappa shape index (κ2) is 10.8. The summed E-state index contributed by atoms with van der Waals surface area (Å²) in [5, 5.41) is 6.52. The maximum atomic E-state index is 13.3. The Labute approximate surface area is 211 Å². The van der Waals surface area contributed by atoms with Gasteiger partial charge in [0, 0.05) is 11.6 Å². The van der Waals surface area contributed by atoms with Crippen molar-refractivity contribution in [1.82, 2.24) is 15.8 Å². The highest BCUT2D eigenvalue weighted by Crippen LogP contribution is 2.27. The molecule has 3 amide bonds. The zero-order valence-corrected chi connectivity index (χ0v) is 20.3. The van der Waals surface area contributed by atoms with Gasteiger partial charge in [0.2, 0.25) is 11.0 Å². The molecule has 3 aromatic rings. The lowest BCUT2D eigenvalue weighted by Crippen LogP contribution is -2.50. The number of hydrogen-bond acceptors (Lipinski definition) is 5. The lowest BCUT2D eigenvalue weighted by atomic mass is 10.1. The Kier molecular flexibility index (Phi) is 7.56. The van der Waals surface area contributed by atoms with Gasteiger partial charge in [-0.25, -0.2) is 5.01 Å². The minimum absolute atomic E-state index is 0.0827. The van der Waals surface area contributed by atoms with E-state index in [1.54, 1.807) is 41.8 Å². The molecule has 0 aliphatic carbocycles. The summed E-state index contributed by atoms with van der Waals surface area (Å²) < 4.78 is 0. The van der Waals surface area contributed by atoms with Gasteiger partial charge in [-0.2, -0.15) is 0 Å². The second-order valence-electron chi connectivity index (χ2n) is 7.53. The first-order valence-corrected chi connectivity index (χ1v) is 12.2. The van der Waals surface area contributed by atoms with Crippen LogP contribution >= 0.6 is 35.2 Å². The van der Waals surface area contributed by atoms with Crippen molar-refractivity contribution < 1.29 is 14.4 Å². The summed E-state index contributed by atoms with van der Waals surface area (Å²) in [6.45, 7) is 0.427. The van der Waals surface area contributed by atoms with Gasteiger partial charge in [-0.1, -0.05) is 48.0 Å². The first-order valence-electron chi connectivity index (χ1n) is 10.5. The number of halogens is 1. The molecule has 2 heterocycles. The molecule has 2 N–H and O–H groups in total. The molecule has 1 atom stereocenters. The molecule has 0 saturated carbocycles. The molecule has 10 heteroatoms. The van der Waals surface area contributed by atoms with Gasteiger partial charge in [0.05, 0.1) is 17.0 Å². The zero-order valence-electron chi connectivity index (χ0n) is 17.9. The normalized spacial score (nSPS) is 15.5. The predicted molar refractivity (Wildman–Crippen MR) is 137 cm³/mol. The number of nitrogens with zero attached hydrogens (tertiary/aromatic N) is 2. The van der Waals surface area contributed by atoms with Crippen molar-refractivity contribution in [1.29, 1.82) is 0 Å². The molecular formula is C24H21ClN4O3S2. The number of hydrogen-bond donors (Lipinski definition) is 2. The summed E-state index contributed by atoms with van der Waals surface area (Å²) >= 11 is 12.8. The van der Waals surface area contributed by atoms with Crippen molar-refractivity contribution in [3.63, 3.8) is 0 Å². The molecule has 1 unspecified atom stereocenters. The van der Waals surface area contributed by atoms with E-state index in [1.807, 2.05) is 30.3 Å². The Bertz CT molecular complexity index is 1190. The molecule has 1 aliphatic heterocycles.